The number of piperidine rings is 1. The van der Waals surface area contributed by atoms with E-state index in [1.165, 1.54) is 10.5 Å². The van der Waals surface area contributed by atoms with Gasteiger partial charge in [-0.2, -0.15) is 0 Å². The van der Waals surface area contributed by atoms with Crippen LogP contribution in [0.1, 0.15) is 25.3 Å². The van der Waals surface area contributed by atoms with Gasteiger partial charge >= 0.3 is 5.97 Å². The smallest absolute Gasteiger partial charge is 0.314 e. The van der Waals surface area contributed by atoms with E-state index in [0.717, 1.165) is 44.0 Å². The first-order valence-electron chi connectivity index (χ1n) is 7.65. The van der Waals surface area contributed by atoms with Crippen LogP contribution in [0, 0.1) is 5.92 Å². The third kappa shape index (κ3) is 3.29. The standard InChI is InChI=1S/C16H21NO4/c1-2-19-16(18)13-4-3-7-17(10-13)9-12-5-6-14-15(8-12)21-11-20-14/h5-6,8,13H,2-4,7,9-11H2,1H3/p+1/t13-/m1/s1. The van der Waals surface area contributed by atoms with Crippen LogP contribution in [-0.4, -0.2) is 32.5 Å². The maximum absolute atomic E-state index is 11.9. The first kappa shape index (κ1) is 14.2. The molecule has 114 valence electrons. The van der Waals surface area contributed by atoms with E-state index in [4.69, 9.17) is 14.2 Å². The Morgan fingerprint density at radius 2 is 2.24 bits per heavy atom. The molecule has 0 spiro atoms. The number of ether oxygens (including phenoxy) is 3. The Morgan fingerprint density at radius 3 is 3.10 bits per heavy atom. The predicted molar refractivity (Wildman–Crippen MR) is 76.3 cm³/mol. The Kier molecular flexibility index (Phi) is 4.29. The first-order chi connectivity index (χ1) is 10.3. The maximum Gasteiger partial charge on any atom is 0.314 e. The zero-order valence-electron chi connectivity index (χ0n) is 12.4. The van der Waals surface area contributed by atoms with E-state index < -0.39 is 0 Å². The summed E-state index contributed by atoms with van der Waals surface area (Å²) in [5, 5.41) is 0. The van der Waals surface area contributed by atoms with E-state index >= 15 is 0 Å². The number of likely N-dealkylation sites (tertiary alicyclic amines) is 1. The molecule has 1 unspecified atom stereocenters. The Morgan fingerprint density at radius 1 is 1.38 bits per heavy atom. The van der Waals surface area contributed by atoms with Gasteiger partial charge in [-0.1, -0.05) is 0 Å². The number of benzene rings is 1. The molecule has 21 heavy (non-hydrogen) atoms. The molecule has 0 saturated carbocycles. The Hall–Kier alpha value is -1.75. The average Bonchev–Trinajstić information content (AvgIpc) is 2.95. The number of hydrogen-bond donors (Lipinski definition) is 1. The van der Waals surface area contributed by atoms with Gasteiger partial charge in [0.25, 0.3) is 0 Å². The van der Waals surface area contributed by atoms with E-state index in [9.17, 15) is 4.79 Å². The molecule has 5 heteroatoms. The summed E-state index contributed by atoms with van der Waals surface area (Å²) in [7, 11) is 0. The minimum absolute atomic E-state index is 0.0413. The number of fused-ring (bicyclic) bond motifs is 1. The largest absolute Gasteiger partial charge is 0.466 e. The van der Waals surface area contributed by atoms with Crippen molar-refractivity contribution >= 4 is 5.97 Å². The third-order valence-electron chi connectivity index (χ3n) is 4.13. The lowest BCUT2D eigenvalue weighted by atomic mass is 9.97. The van der Waals surface area contributed by atoms with Gasteiger partial charge in [-0.25, -0.2) is 0 Å². The number of quaternary nitrogens is 1. The highest BCUT2D eigenvalue weighted by molar-refractivity contribution is 5.72. The normalized spacial score (nSPS) is 23.9. The Balaban J connectivity index is 1.61. The fourth-order valence-electron chi connectivity index (χ4n) is 3.11. The summed E-state index contributed by atoms with van der Waals surface area (Å²) in [6, 6.07) is 6.09. The molecular formula is C16H22NO4+. The SMILES string of the molecule is CCOC(=O)[C@@H]1CCC[NH+](Cc2ccc3c(c2)OCO3)C1. The molecule has 3 rings (SSSR count). The lowest BCUT2D eigenvalue weighted by Crippen LogP contribution is -3.12. The number of carbonyl (C=O) groups is 1. The number of nitrogens with one attached hydrogen (secondary N) is 1. The van der Waals surface area contributed by atoms with E-state index in [-0.39, 0.29) is 11.9 Å². The number of carbonyl (C=O) groups excluding carboxylic acids is 1. The molecule has 0 aliphatic carbocycles. The van der Waals surface area contributed by atoms with Crippen molar-refractivity contribution in [2.75, 3.05) is 26.5 Å². The van der Waals surface area contributed by atoms with Gasteiger partial charge in [0.15, 0.2) is 11.5 Å². The Labute approximate surface area is 124 Å². The molecule has 1 N–H and O–H groups in total. The molecule has 0 amide bonds. The quantitative estimate of drug-likeness (QED) is 0.833. The number of hydrogen-bond acceptors (Lipinski definition) is 4. The van der Waals surface area contributed by atoms with Crippen molar-refractivity contribution in [1.82, 2.24) is 0 Å². The molecule has 1 aromatic carbocycles. The molecule has 2 heterocycles. The summed E-state index contributed by atoms with van der Waals surface area (Å²) in [4.78, 5) is 13.3. The van der Waals surface area contributed by atoms with Crippen molar-refractivity contribution in [1.29, 1.82) is 0 Å². The van der Waals surface area contributed by atoms with Crippen LogP contribution in [0.25, 0.3) is 0 Å². The van der Waals surface area contributed by atoms with Crippen molar-refractivity contribution in [2.45, 2.75) is 26.3 Å². The molecule has 1 aromatic rings. The Bertz CT molecular complexity index is 517. The van der Waals surface area contributed by atoms with Gasteiger partial charge < -0.3 is 19.1 Å². The highest BCUT2D eigenvalue weighted by Crippen LogP contribution is 2.32. The van der Waals surface area contributed by atoms with Gasteiger partial charge in [-0.05, 0) is 38.0 Å². The van der Waals surface area contributed by atoms with Crippen LogP contribution >= 0.6 is 0 Å². The highest BCUT2D eigenvalue weighted by atomic mass is 16.7. The molecule has 1 saturated heterocycles. The van der Waals surface area contributed by atoms with Crippen molar-refractivity contribution in [2.24, 2.45) is 5.92 Å². The number of rotatable bonds is 4. The van der Waals surface area contributed by atoms with Crippen molar-refractivity contribution in [3.05, 3.63) is 23.8 Å². The summed E-state index contributed by atoms with van der Waals surface area (Å²) >= 11 is 0. The summed E-state index contributed by atoms with van der Waals surface area (Å²) in [6.45, 7) is 5.50. The summed E-state index contributed by atoms with van der Waals surface area (Å²) in [6.07, 6.45) is 2.02. The van der Waals surface area contributed by atoms with Crippen LogP contribution < -0.4 is 14.4 Å². The zero-order valence-corrected chi connectivity index (χ0v) is 12.4. The fraction of sp³-hybridized carbons (Fsp3) is 0.562. The van der Waals surface area contributed by atoms with Gasteiger partial charge in [0, 0.05) is 5.56 Å². The third-order valence-corrected chi connectivity index (χ3v) is 4.13. The second kappa shape index (κ2) is 6.35. The molecular weight excluding hydrogens is 270 g/mol. The van der Waals surface area contributed by atoms with Crippen LogP contribution in [0.5, 0.6) is 11.5 Å². The van der Waals surface area contributed by atoms with Crippen LogP contribution in [-0.2, 0) is 16.1 Å². The lowest BCUT2D eigenvalue weighted by molar-refractivity contribution is -0.921. The first-order valence-corrected chi connectivity index (χ1v) is 7.65. The van der Waals surface area contributed by atoms with E-state index in [1.807, 2.05) is 19.1 Å². The van der Waals surface area contributed by atoms with Crippen LogP contribution in [0.15, 0.2) is 18.2 Å². The van der Waals surface area contributed by atoms with Crippen LogP contribution in [0.4, 0.5) is 0 Å². The zero-order chi connectivity index (χ0) is 14.7. The monoisotopic (exact) mass is 292 g/mol. The summed E-state index contributed by atoms with van der Waals surface area (Å²) < 4.78 is 15.9. The molecule has 1 fully saturated rings. The van der Waals surface area contributed by atoms with E-state index in [1.54, 1.807) is 0 Å². The maximum atomic E-state index is 11.9. The average molecular weight is 292 g/mol. The summed E-state index contributed by atoms with van der Waals surface area (Å²) in [5.74, 6) is 1.64. The molecule has 0 radical (unpaired) electrons. The molecule has 2 aliphatic heterocycles. The van der Waals surface area contributed by atoms with Gasteiger partial charge in [0.2, 0.25) is 6.79 Å². The second-order valence-electron chi connectivity index (χ2n) is 5.66. The highest BCUT2D eigenvalue weighted by Gasteiger charge is 2.30. The van der Waals surface area contributed by atoms with Gasteiger partial charge in [-0.3, -0.25) is 4.79 Å². The van der Waals surface area contributed by atoms with E-state index in [0.29, 0.717) is 13.4 Å². The molecule has 5 nitrogen and oxygen atoms in total. The van der Waals surface area contributed by atoms with Crippen LogP contribution in [0.3, 0.4) is 0 Å². The summed E-state index contributed by atoms with van der Waals surface area (Å²) in [5.41, 5.74) is 1.22. The van der Waals surface area contributed by atoms with Crippen molar-refractivity contribution in [3.8, 4) is 11.5 Å². The van der Waals surface area contributed by atoms with Gasteiger partial charge in [0.1, 0.15) is 12.5 Å². The molecule has 2 atom stereocenters. The minimum Gasteiger partial charge on any atom is -0.466 e. The molecule has 0 bridgehead atoms. The van der Waals surface area contributed by atoms with E-state index in [2.05, 4.69) is 6.07 Å². The molecule has 0 aromatic heterocycles. The van der Waals surface area contributed by atoms with Crippen molar-refractivity contribution < 1.29 is 23.9 Å². The second-order valence-corrected chi connectivity index (χ2v) is 5.66. The van der Waals surface area contributed by atoms with Crippen molar-refractivity contribution in [3.63, 3.8) is 0 Å². The number of esters is 1. The topological polar surface area (TPSA) is 49.2 Å². The van der Waals surface area contributed by atoms with Gasteiger partial charge in [0.05, 0.1) is 19.7 Å². The molecule has 2 aliphatic rings. The lowest BCUT2D eigenvalue weighted by Gasteiger charge is -2.28. The predicted octanol–water partition coefficient (Wildman–Crippen LogP) is 0.773. The fourth-order valence-corrected chi connectivity index (χ4v) is 3.11. The minimum atomic E-state index is -0.0413. The van der Waals surface area contributed by atoms with Gasteiger partial charge in [-0.15, -0.1) is 0 Å². The van der Waals surface area contributed by atoms with Crippen LogP contribution in [0.2, 0.25) is 0 Å².